The second-order valence-electron chi connectivity index (χ2n) is 6.53. The molecule has 0 spiro atoms. The molecule has 1 saturated heterocycles. The summed E-state index contributed by atoms with van der Waals surface area (Å²) in [4.78, 5) is 14.6. The Hall–Kier alpha value is -1.33. The Kier molecular flexibility index (Phi) is 5.16. The molecule has 1 amide bonds. The smallest absolute Gasteiger partial charge is 0.223 e. The van der Waals surface area contributed by atoms with Gasteiger partial charge in [0.05, 0.1) is 18.9 Å². The maximum absolute atomic E-state index is 12.2. The predicted molar refractivity (Wildman–Crippen MR) is 83.1 cm³/mol. The first-order valence-corrected chi connectivity index (χ1v) is 8.46. The number of hydrogen-bond acceptors (Lipinski definition) is 4. The van der Waals surface area contributed by atoms with E-state index in [9.17, 15) is 9.90 Å². The van der Waals surface area contributed by atoms with Crippen molar-refractivity contribution in [2.75, 3.05) is 13.1 Å². The van der Waals surface area contributed by atoms with Gasteiger partial charge in [-0.2, -0.15) is 0 Å². The van der Waals surface area contributed by atoms with E-state index < -0.39 is 0 Å². The third-order valence-corrected chi connectivity index (χ3v) is 5.08. The zero-order chi connectivity index (χ0) is 15.4. The average molecular weight is 306 g/mol. The second-order valence-corrected chi connectivity index (χ2v) is 6.53. The number of aliphatic hydroxyl groups is 1. The molecule has 1 aromatic rings. The van der Waals surface area contributed by atoms with Crippen LogP contribution < -0.4 is 5.32 Å². The molecule has 0 aromatic carbocycles. The van der Waals surface area contributed by atoms with Crippen LogP contribution in [0.15, 0.2) is 22.8 Å². The van der Waals surface area contributed by atoms with Crippen LogP contribution >= 0.6 is 0 Å². The molecule has 22 heavy (non-hydrogen) atoms. The molecule has 1 aliphatic heterocycles. The monoisotopic (exact) mass is 306 g/mol. The van der Waals surface area contributed by atoms with Crippen LogP contribution in [0, 0.1) is 5.92 Å². The number of carbonyl (C=O) groups excluding carboxylic acids is 1. The Bertz CT molecular complexity index is 466. The Morgan fingerprint density at radius 2 is 2.05 bits per heavy atom. The fraction of sp³-hybridized carbons (Fsp3) is 0.706. The van der Waals surface area contributed by atoms with Gasteiger partial charge in [-0.1, -0.05) is 12.8 Å². The minimum atomic E-state index is -0.182. The highest BCUT2D eigenvalue weighted by molar-refractivity contribution is 5.78. The normalized spacial score (nSPS) is 27.7. The Morgan fingerprint density at radius 1 is 1.27 bits per heavy atom. The van der Waals surface area contributed by atoms with Crippen molar-refractivity contribution in [1.82, 2.24) is 10.2 Å². The summed E-state index contributed by atoms with van der Waals surface area (Å²) in [6.45, 7) is 2.30. The molecule has 2 N–H and O–H groups in total. The van der Waals surface area contributed by atoms with E-state index >= 15 is 0 Å². The van der Waals surface area contributed by atoms with Crippen LogP contribution in [-0.4, -0.2) is 41.1 Å². The fourth-order valence-corrected chi connectivity index (χ4v) is 3.74. The molecule has 2 atom stereocenters. The summed E-state index contributed by atoms with van der Waals surface area (Å²) in [5.74, 6) is 1.00. The van der Waals surface area contributed by atoms with Crippen LogP contribution in [0.25, 0.3) is 0 Å². The van der Waals surface area contributed by atoms with E-state index in [1.807, 2.05) is 12.1 Å². The standard InChI is InChI=1S/C17H26N2O3/c20-16-6-2-1-5-15(16)19-9-7-13(8-10-19)17(21)18-12-14-4-3-11-22-14/h3-4,11,13,15-16,20H,1-2,5-10,12H2,(H,18,21)/t15-,16-/m1/s1. The zero-order valence-corrected chi connectivity index (χ0v) is 13.0. The minimum absolute atomic E-state index is 0.0898. The molecule has 2 heterocycles. The van der Waals surface area contributed by atoms with E-state index in [2.05, 4.69) is 10.2 Å². The molecule has 122 valence electrons. The van der Waals surface area contributed by atoms with Gasteiger partial charge in [0.2, 0.25) is 5.91 Å². The maximum atomic E-state index is 12.2. The Balaban J connectivity index is 1.43. The van der Waals surface area contributed by atoms with E-state index in [4.69, 9.17) is 4.42 Å². The van der Waals surface area contributed by atoms with Crippen molar-refractivity contribution < 1.29 is 14.3 Å². The number of aliphatic hydroxyl groups excluding tert-OH is 1. The number of hydrogen-bond donors (Lipinski definition) is 2. The van der Waals surface area contributed by atoms with Gasteiger partial charge in [-0.25, -0.2) is 0 Å². The number of carbonyl (C=O) groups is 1. The summed E-state index contributed by atoms with van der Waals surface area (Å²) in [6.07, 6.45) is 7.58. The first-order valence-electron chi connectivity index (χ1n) is 8.46. The molecular weight excluding hydrogens is 280 g/mol. The third kappa shape index (κ3) is 3.70. The summed E-state index contributed by atoms with van der Waals surface area (Å²) in [6, 6.07) is 4.00. The highest BCUT2D eigenvalue weighted by Gasteiger charge is 2.33. The lowest BCUT2D eigenvalue weighted by Crippen LogP contribution is -2.50. The van der Waals surface area contributed by atoms with Gasteiger partial charge < -0.3 is 14.8 Å². The number of amides is 1. The Morgan fingerprint density at radius 3 is 2.73 bits per heavy atom. The zero-order valence-electron chi connectivity index (χ0n) is 13.0. The van der Waals surface area contributed by atoms with Crippen molar-refractivity contribution >= 4 is 5.91 Å². The van der Waals surface area contributed by atoms with Crippen LogP contribution in [0.1, 0.15) is 44.3 Å². The molecule has 2 fully saturated rings. The molecule has 0 bridgehead atoms. The van der Waals surface area contributed by atoms with Gasteiger partial charge in [0.15, 0.2) is 0 Å². The van der Waals surface area contributed by atoms with Gasteiger partial charge >= 0.3 is 0 Å². The highest BCUT2D eigenvalue weighted by atomic mass is 16.3. The molecule has 5 nitrogen and oxygen atoms in total. The summed E-state index contributed by atoms with van der Waals surface area (Å²) in [5, 5.41) is 13.1. The number of likely N-dealkylation sites (tertiary alicyclic amines) is 1. The van der Waals surface area contributed by atoms with Gasteiger partial charge in [-0.3, -0.25) is 9.69 Å². The van der Waals surface area contributed by atoms with Crippen LogP contribution in [0.4, 0.5) is 0 Å². The van der Waals surface area contributed by atoms with Crippen molar-refractivity contribution in [3.05, 3.63) is 24.2 Å². The van der Waals surface area contributed by atoms with E-state index in [1.165, 1.54) is 6.42 Å². The number of nitrogens with one attached hydrogen (secondary N) is 1. The Labute approximate surface area is 131 Å². The lowest BCUT2D eigenvalue weighted by molar-refractivity contribution is -0.127. The maximum Gasteiger partial charge on any atom is 0.223 e. The van der Waals surface area contributed by atoms with Crippen LogP contribution in [-0.2, 0) is 11.3 Å². The van der Waals surface area contributed by atoms with Gasteiger partial charge in [0.1, 0.15) is 5.76 Å². The van der Waals surface area contributed by atoms with Crippen molar-refractivity contribution in [1.29, 1.82) is 0 Å². The fourth-order valence-electron chi connectivity index (χ4n) is 3.74. The quantitative estimate of drug-likeness (QED) is 0.892. The van der Waals surface area contributed by atoms with Gasteiger partial charge in [0, 0.05) is 12.0 Å². The number of nitrogens with zero attached hydrogens (tertiary/aromatic N) is 1. The third-order valence-electron chi connectivity index (χ3n) is 5.08. The van der Waals surface area contributed by atoms with Crippen molar-refractivity contribution in [3.8, 4) is 0 Å². The predicted octanol–water partition coefficient (Wildman–Crippen LogP) is 1.91. The number of furan rings is 1. The molecule has 0 unspecified atom stereocenters. The molecule has 3 rings (SSSR count). The lowest BCUT2D eigenvalue weighted by atomic mass is 9.88. The van der Waals surface area contributed by atoms with E-state index in [0.29, 0.717) is 12.6 Å². The average Bonchev–Trinajstić information content (AvgIpc) is 3.07. The molecule has 5 heteroatoms. The molecule has 1 saturated carbocycles. The second kappa shape index (κ2) is 7.29. The lowest BCUT2D eigenvalue weighted by Gasteiger charge is -2.41. The number of piperidine rings is 1. The molecular formula is C17H26N2O3. The van der Waals surface area contributed by atoms with Gasteiger partial charge in [0.25, 0.3) is 0 Å². The van der Waals surface area contributed by atoms with E-state index in [-0.39, 0.29) is 17.9 Å². The van der Waals surface area contributed by atoms with Crippen molar-refractivity contribution in [3.63, 3.8) is 0 Å². The van der Waals surface area contributed by atoms with Crippen LogP contribution in [0.3, 0.4) is 0 Å². The molecule has 2 aliphatic rings. The minimum Gasteiger partial charge on any atom is -0.467 e. The SMILES string of the molecule is O=C(NCc1ccco1)C1CCN([C@@H]2CCCC[C@H]2O)CC1. The van der Waals surface area contributed by atoms with Crippen LogP contribution in [0.2, 0.25) is 0 Å². The van der Waals surface area contributed by atoms with Gasteiger partial charge in [-0.05, 0) is 50.9 Å². The summed E-state index contributed by atoms with van der Waals surface area (Å²) >= 11 is 0. The first kappa shape index (κ1) is 15.6. The molecule has 1 aliphatic carbocycles. The first-order chi connectivity index (χ1) is 10.7. The summed E-state index contributed by atoms with van der Waals surface area (Å²) < 4.78 is 5.23. The van der Waals surface area contributed by atoms with Crippen molar-refractivity contribution in [2.45, 2.75) is 57.2 Å². The highest BCUT2D eigenvalue weighted by Crippen LogP contribution is 2.27. The van der Waals surface area contributed by atoms with Crippen molar-refractivity contribution in [2.24, 2.45) is 5.92 Å². The summed E-state index contributed by atoms with van der Waals surface area (Å²) in [5.41, 5.74) is 0. The van der Waals surface area contributed by atoms with E-state index in [0.717, 1.165) is 51.0 Å². The summed E-state index contributed by atoms with van der Waals surface area (Å²) in [7, 11) is 0. The number of rotatable bonds is 4. The molecule has 1 aromatic heterocycles. The van der Waals surface area contributed by atoms with Crippen LogP contribution in [0.5, 0.6) is 0 Å². The van der Waals surface area contributed by atoms with E-state index in [1.54, 1.807) is 6.26 Å². The largest absolute Gasteiger partial charge is 0.467 e. The molecule has 0 radical (unpaired) electrons. The van der Waals surface area contributed by atoms with Gasteiger partial charge in [-0.15, -0.1) is 0 Å². The topological polar surface area (TPSA) is 65.7 Å².